The van der Waals surface area contributed by atoms with Crippen molar-refractivity contribution in [3.05, 3.63) is 0 Å². The summed E-state index contributed by atoms with van der Waals surface area (Å²) in [5.41, 5.74) is 0. The molecule has 0 aliphatic carbocycles. The van der Waals surface area contributed by atoms with E-state index >= 15 is 0 Å². The first-order valence-corrected chi connectivity index (χ1v) is 17.6. The Balaban J connectivity index is 4.59. The first kappa shape index (κ1) is 36.3. The Bertz CT molecular complexity index is 371. The predicted octanol–water partition coefficient (Wildman–Crippen LogP) is 12.2. The van der Waals surface area contributed by atoms with Crippen molar-refractivity contribution in [1.29, 1.82) is 0 Å². The van der Waals surface area contributed by atoms with E-state index in [9.17, 15) is 4.89 Å². The highest BCUT2D eigenvalue weighted by Gasteiger charge is 2.21. The van der Waals surface area contributed by atoms with E-state index in [1.54, 1.807) is 0 Å². The lowest BCUT2D eigenvalue weighted by Crippen LogP contribution is -2.15. The Morgan fingerprint density at radius 2 is 0.611 bits per heavy atom. The molecule has 2 unspecified atom stereocenters. The van der Waals surface area contributed by atoms with Crippen molar-refractivity contribution in [1.82, 2.24) is 0 Å². The van der Waals surface area contributed by atoms with Crippen LogP contribution in [0, 0.1) is 0 Å². The zero-order chi connectivity index (χ0) is 26.5. The summed E-state index contributed by atoms with van der Waals surface area (Å²) in [7, 11) is -1.77. The van der Waals surface area contributed by atoms with Gasteiger partial charge in [-0.25, -0.2) is 0 Å². The first-order chi connectivity index (χ1) is 17.7. The maximum atomic E-state index is 10.8. The molecule has 2 atom stereocenters. The lowest BCUT2D eigenvalue weighted by molar-refractivity contribution is 0.0892. The van der Waals surface area contributed by atoms with Gasteiger partial charge in [0.25, 0.3) is 0 Å². The van der Waals surface area contributed by atoms with Crippen LogP contribution < -0.4 is 0 Å². The van der Waals surface area contributed by atoms with Crippen LogP contribution in [0.5, 0.6) is 0 Å². The summed E-state index contributed by atoms with van der Waals surface area (Å²) in [4.78, 5) is 10.8. The Kier molecular flexibility index (Phi) is 30.1. The minimum Gasteiger partial charge on any atom is -0.328 e. The van der Waals surface area contributed by atoms with Crippen molar-refractivity contribution in [3.8, 4) is 0 Å². The van der Waals surface area contributed by atoms with E-state index in [1.807, 2.05) is 0 Å². The van der Waals surface area contributed by atoms with Gasteiger partial charge in [0.2, 0.25) is 0 Å². The molecule has 0 aromatic heterocycles. The van der Waals surface area contributed by atoms with Crippen molar-refractivity contribution in [2.45, 2.75) is 207 Å². The summed E-state index contributed by atoms with van der Waals surface area (Å²) in [6.07, 6.45) is 33.2. The molecule has 0 rings (SSSR count). The molecule has 4 heteroatoms. The zero-order valence-electron chi connectivity index (χ0n) is 25.3. The number of unbranched alkanes of at least 4 members (excludes halogenated alkanes) is 18. The van der Waals surface area contributed by atoms with Gasteiger partial charge in [-0.3, -0.25) is 0 Å². The van der Waals surface area contributed by atoms with Gasteiger partial charge in [0.15, 0.2) is 0 Å². The molecular weight excluding hydrogens is 463 g/mol. The molecule has 0 bridgehead atoms. The second-order valence-corrected chi connectivity index (χ2v) is 12.1. The maximum Gasteiger partial charge on any atom is 0.330 e. The highest BCUT2D eigenvalue weighted by molar-refractivity contribution is 7.40. The van der Waals surface area contributed by atoms with Gasteiger partial charge in [-0.15, -0.1) is 0 Å². The van der Waals surface area contributed by atoms with Gasteiger partial charge in [-0.1, -0.05) is 169 Å². The van der Waals surface area contributed by atoms with E-state index in [0.717, 1.165) is 25.7 Å². The summed E-state index contributed by atoms with van der Waals surface area (Å²) in [6, 6.07) is 0. The second-order valence-electron chi connectivity index (χ2n) is 11.2. The van der Waals surface area contributed by atoms with Gasteiger partial charge < -0.3 is 13.9 Å². The Labute approximate surface area is 229 Å². The molecule has 0 amide bonds. The molecule has 0 aliphatic rings. The Hall–Kier alpha value is 0.310. The van der Waals surface area contributed by atoms with Gasteiger partial charge in [-0.05, 0) is 25.7 Å². The molecule has 0 aromatic carbocycles. The quantitative estimate of drug-likeness (QED) is 0.0741. The van der Waals surface area contributed by atoms with E-state index in [2.05, 4.69) is 27.7 Å². The molecule has 0 spiro atoms. The topological polar surface area (TPSA) is 38.7 Å². The number of hydrogen-bond donors (Lipinski definition) is 1. The fraction of sp³-hybridized carbons (Fsp3) is 1.00. The van der Waals surface area contributed by atoms with Gasteiger partial charge in [0.05, 0.1) is 12.2 Å². The minimum absolute atomic E-state index is 0.160. The fourth-order valence-electron chi connectivity index (χ4n) is 5.04. The third-order valence-electron chi connectivity index (χ3n) is 7.50. The van der Waals surface area contributed by atoms with Crippen LogP contribution in [0.2, 0.25) is 0 Å². The molecular formula is C32H67O3P. The summed E-state index contributed by atoms with van der Waals surface area (Å²) in [5, 5.41) is 0. The predicted molar refractivity (Wildman–Crippen MR) is 162 cm³/mol. The summed E-state index contributed by atoms with van der Waals surface area (Å²) in [5.74, 6) is 0. The molecule has 218 valence electrons. The average Bonchev–Trinajstić information content (AvgIpc) is 2.87. The minimum atomic E-state index is -1.77. The molecule has 0 radical (unpaired) electrons. The second kappa shape index (κ2) is 29.9. The molecule has 3 nitrogen and oxygen atoms in total. The number of hydrogen-bond acceptors (Lipinski definition) is 3. The molecule has 0 saturated carbocycles. The smallest absolute Gasteiger partial charge is 0.328 e. The lowest BCUT2D eigenvalue weighted by atomic mass is 10.0. The zero-order valence-corrected chi connectivity index (χ0v) is 26.1. The van der Waals surface area contributed by atoms with Crippen molar-refractivity contribution >= 4 is 8.60 Å². The molecule has 0 heterocycles. The van der Waals surface area contributed by atoms with E-state index < -0.39 is 8.60 Å². The highest BCUT2D eigenvalue weighted by atomic mass is 31.2. The first-order valence-electron chi connectivity index (χ1n) is 16.5. The summed E-state index contributed by atoms with van der Waals surface area (Å²) < 4.78 is 12.4. The Morgan fingerprint density at radius 3 is 0.861 bits per heavy atom. The van der Waals surface area contributed by atoms with Crippen LogP contribution in [0.25, 0.3) is 0 Å². The average molecular weight is 531 g/mol. The van der Waals surface area contributed by atoms with Crippen LogP contribution in [0.3, 0.4) is 0 Å². The SMILES string of the molecule is CCCCCCCCC(CCCCCCC)OP(O)OC(CCCCCCC)CCCCCCCC. The third-order valence-corrected chi connectivity index (χ3v) is 8.45. The van der Waals surface area contributed by atoms with Crippen molar-refractivity contribution in [2.75, 3.05) is 0 Å². The van der Waals surface area contributed by atoms with Crippen LogP contribution in [0.1, 0.15) is 195 Å². The molecule has 0 aromatic rings. The largest absolute Gasteiger partial charge is 0.330 e. The molecule has 0 fully saturated rings. The van der Waals surface area contributed by atoms with Crippen LogP contribution in [-0.4, -0.2) is 17.1 Å². The third kappa shape index (κ3) is 25.9. The van der Waals surface area contributed by atoms with Crippen molar-refractivity contribution < 1.29 is 13.9 Å². The van der Waals surface area contributed by atoms with Crippen molar-refractivity contribution in [2.24, 2.45) is 0 Å². The Morgan fingerprint density at radius 1 is 0.389 bits per heavy atom. The monoisotopic (exact) mass is 530 g/mol. The van der Waals surface area contributed by atoms with Crippen LogP contribution in [-0.2, 0) is 9.05 Å². The van der Waals surface area contributed by atoms with Gasteiger partial charge >= 0.3 is 8.60 Å². The summed E-state index contributed by atoms with van der Waals surface area (Å²) in [6.45, 7) is 9.09. The highest BCUT2D eigenvalue weighted by Crippen LogP contribution is 2.40. The molecule has 1 N–H and O–H groups in total. The van der Waals surface area contributed by atoms with Crippen molar-refractivity contribution in [3.63, 3.8) is 0 Å². The van der Waals surface area contributed by atoms with E-state index in [1.165, 1.54) is 141 Å². The van der Waals surface area contributed by atoms with Crippen LogP contribution in [0.15, 0.2) is 0 Å². The maximum absolute atomic E-state index is 10.8. The van der Waals surface area contributed by atoms with Gasteiger partial charge in [0, 0.05) is 0 Å². The van der Waals surface area contributed by atoms with Gasteiger partial charge in [0.1, 0.15) is 0 Å². The normalized spacial score (nSPS) is 14.2. The molecule has 0 saturated heterocycles. The fourth-order valence-corrected chi connectivity index (χ4v) is 6.02. The number of rotatable bonds is 30. The van der Waals surface area contributed by atoms with Gasteiger partial charge in [-0.2, -0.15) is 0 Å². The molecule has 0 aliphatic heterocycles. The van der Waals surface area contributed by atoms with E-state index in [0.29, 0.717) is 0 Å². The van der Waals surface area contributed by atoms with E-state index in [-0.39, 0.29) is 12.2 Å². The standard InChI is InChI=1S/C32H67O3P/c1-5-9-13-17-21-25-29-31(27-23-19-15-11-7-3)34-36(33)35-32(28-24-20-16-12-8-4)30-26-22-18-14-10-6-2/h31-33H,5-30H2,1-4H3. The lowest BCUT2D eigenvalue weighted by Gasteiger charge is -2.24. The van der Waals surface area contributed by atoms with E-state index in [4.69, 9.17) is 9.05 Å². The van der Waals surface area contributed by atoms with Crippen LogP contribution >= 0.6 is 8.60 Å². The molecule has 36 heavy (non-hydrogen) atoms. The summed E-state index contributed by atoms with van der Waals surface area (Å²) >= 11 is 0. The van der Waals surface area contributed by atoms with Crippen LogP contribution in [0.4, 0.5) is 0 Å².